The summed E-state index contributed by atoms with van der Waals surface area (Å²) < 4.78 is 27.7. The summed E-state index contributed by atoms with van der Waals surface area (Å²) in [4.78, 5) is 19.3. The molecule has 3 aromatic rings. The first-order chi connectivity index (χ1) is 17.4. The van der Waals surface area contributed by atoms with E-state index in [0.717, 1.165) is 41.6 Å². The number of rotatable bonds is 11. The van der Waals surface area contributed by atoms with Gasteiger partial charge in [0.2, 0.25) is 5.91 Å². The molecule has 2 unspecified atom stereocenters. The molecule has 2 aromatic carbocycles. The summed E-state index contributed by atoms with van der Waals surface area (Å²) in [6, 6.07) is 9.06. The molecule has 0 spiro atoms. The minimum absolute atomic E-state index is 0.0137. The van der Waals surface area contributed by atoms with Gasteiger partial charge in [0.05, 0.1) is 6.10 Å². The van der Waals surface area contributed by atoms with Gasteiger partial charge in [-0.1, -0.05) is 45.9 Å². The summed E-state index contributed by atoms with van der Waals surface area (Å²) in [7, 11) is 0. The van der Waals surface area contributed by atoms with Crippen molar-refractivity contribution in [1.82, 2.24) is 20.6 Å². The summed E-state index contributed by atoms with van der Waals surface area (Å²) in [5.41, 5.74) is 4.65. The van der Waals surface area contributed by atoms with Crippen molar-refractivity contribution >= 4 is 5.91 Å². The number of carbonyl (C=O) groups is 1. The summed E-state index contributed by atoms with van der Waals surface area (Å²) >= 11 is 0. The van der Waals surface area contributed by atoms with E-state index in [1.54, 1.807) is 0 Å². The molecule has 0 bridgehead atoms. The molecule has 0 radical (unpaired) electrons. The van der Waals surface area contributed by atoms with Crippen LogP contribution in [0.1, 0.15) is 57.0 Å². The van der Waals surface area contributed by atoms with Crippen molar-refractivity contribution in [3.05, 3.63) is 76.6 Å². The van der Waals surface area contributed by atoms with Crippen molar-refractivity contribution in [3.8, 4) is 11.4 Å². The summed E-state index contributed by atoms with van der Waals surface area (Å²) in [6.45, 7) is 10.4. The number of H-pyrrole nitrogens is 1. The van der Waals surface area contributed by atoms with E-state index in [1.165, 1.54) is 24.6 Å². The number of aliphatic hydroxyl groups is 1. The van der Waals surface area contributed by atoms with Crippen LogP contribution in [-0.2, 0) is 30.6 Å². The number of aryl methyl sites for hydroxylation is 1. The molecule has 37 heavy (non-hydrogen) atoms. The highest BCUT2D eigenvalue weighted by Gasteiger charge is 2.22. The van der Waals surface area contributed by atoms with E-state index in [-0.39, 0.29) is 24.3 Å². The van der Waals surface area contributed by atoms with Gasteiger partial charge in [0.25, 0.3) is 0 Å². The molecule has 0 saturated heterocycles. The van der Waals surface area contributed by atoms with Gasteiger partial charge in [-0.3, -0.25) is 4.79 Å². The van der Waals surface area contributed by atoms with Gasteiger partial charge in [0.1, 0.15) is 17.5 Å². The number of aliphatic hydroxyl groups excluding tert-OH is 1. The number of halogens is 2. The fourth-order valence-corrected chi connectivity index (χ4v) is 4.38. The third-order valence-electron chi connectivity index (χ3n) is 6.13. The first-order valence-corrected chi connectivity index (χ1v) is 12.7. The molecule has 0 aliphatic heterocycles. The standard InChI is InChI=1S/C29H38F2N4O2/c1-6-24-16-34-28(35-24)25-8-7-19(14-29(3,4)5)9-21(25)15-33-26(27(37)17-32-18(2)36)12-20-10-22(30)13-23(31)11-20/h7-11,13,16,26-27,33,37H,6,12,14-15,17H2,1-5H3,(H,32,36)(H,34,35). The van der Waals surface area contributed by atoms with E-state index < -0.39 is 23.8 Å². The second-order valence-electron chi connectivity index (χ2n) is 10.8. The van der Waals surface area contributed by atoms with Crippen LogP contribution in [0.5, 0.6) is 0 Å². The Labute approximate surface area is 217 Å². The fourth-order valence-electron chi connectivity index (χ4n) is 4.38. The maximum absolute atomic E-state index is 13.8. The molecule has 200 valence electrons. The largest absolute Gasteiger partial charge is 0.390 e. The van der Waals surface area contributed by atoms with E-state index in [2.05, 4.69) is 66.5 Å². The summed E-state index contributed by atoms with van der Waals surface area (Å²) in [6.07, 6.45) is 2.74. The summed E-state index contributed by atoms with van der Waals surface area (Å²) in [5.74, 6) is -0.853. The van der Waals surface area contributed by atoms with E-state index in [0.29, 0.717) is 12.1 Å². The zero-order chi connectivity index (χ0) is 27.2. The average molecular weight is 513 g/mol. The molecular formula is C29H38F2N4O2. The van der Waals surface area contributed by atoms with Gasteiger partial charge in [-0.2, -0.15) is 0 Å². The number of imidazole rings is 1. The number of nitrogens with one attached hydrogen (secondary N) is 3. The SMILES string of the molecule is CCc1cnc(-c2ccc(CC(C)(C)C)cc2CNC(Cc2cc(F)cc(F)c2)C(O)CNC(C)=O)[nH]1. The Morgan fingerprint density at radius 2 is 1.81 bits per heavy atom. The number of aromatic nitrogens is 2. The lowest BCUT2D eigenvalue weighted by Crippen LogP contribution is -2.47. The number of amides is 1. The molecule has 6 nitrogen and oxygen atoms in total. The van der Waals surface area contributed by atoms with Crippen molar-refractivity contribution in [2.24, 2.45) is 5.41 Å². The smallest absolute Gasteiger partial charge is 0.216 e. The van der Waals surface area contributed by atoms with Gasteiger partial charge < -0.3 is 20.7 Å². The van der Waals surface area contributed by atoms with Crippen molar-refractivity contribution in [3.63, 3.8) is 0 Å². The van der Waals surface area contributed by atoms with Crippen molar-refractivity contribution in [2.75, 3.05) is 6.54 Å². The quantitative estimate of drug-likeness (QED) is 0.300. The number of benzene rings is 2. The third kappa shape index (κ3) is 8.76. The number of hydrogen-bond donors (Lipinski definition) is 4. The van der Waals surface area contributed by atoms with Crippen LogP contribution in [0.3, 0.4) is 0 Å². The van der Waals surface area contributed by atoms with Crippen LogP contribution < -0.4 is 10.6 Å². The topological polar surface area (TPSA) is 90.0 Å². The molecule has 2 atom stereocenters. The lowest BCUT2D eigenvalue weighted by atomic mass is 9.87. The van der Waals surface area contributed by atoms with Crippen molar-refractivity contribution in [2.45, 2.75) is 72.6 Å². The predicted molar refractivity (Wildman–Crippen MR) is 142 cm³/mol. The van der Waals surface area contributed by atoms with Gasteiger partial charge in [-0.05, 0) is 53.5 Å². The molecule has 1 amide bonds. The van der Waals surface area contributed by atoms with E-state index in [1.807, 2.05) is 6.20 Å². The van der Waals surface area contributed by atoms with Crippen LogP contribution in [0.25, 0.3) is 11.4 Å². The third-order valence-corrected chi connectivity index (χ3v) is 6.13. The number of carbonyl (C=O) groups excluding carboxylic acids is 1. The Bertz CT molecular complexity index is 1180. The highest BCUT2D eigenvalue weighted by molar-refractivity contribution is 5.72. The second kappa shape index (κ2) is 12.4. The number of aromatic amines is 1. The molecule has 3 rings (SSSR count). The Kier molecular flexibility index (Phi) is 9.56. The fraction of sp³-hybridized carbons (Fsp3) is 0.448. The molecule has 4 N–H and O–H groups in total. The van der Waals surface area contributed by atoms with Gasteiger partial charge in [-0.25, -0.2) is 13.8 Å². The predicted octanol–water partition coefficient (Wildman–Crippen LogP) is 4.70. The first kappa shape index (κ1) is 28.5. The second-order valence-corrected chi connectivity index (χ2v) is 10.8. The van der Waals surface area contributed by atoms with E-state index in [4.69, 9.17) is 0 Å². The highest BCUT2D eigenvalue weighted by atomic mass is 19.1. The normalized spacial score (nSPS) is 13.4. The minimum Gasteiger partial charge on any atom is -0.390 e. The lowest BCUT2D eigenvalue weighted by molar-refractivity contribution is -0.119. The number of hydrogen-bond acceptors (Lipinski definition) is 4. The molecule has 0 saturated carbocycles. The first-order valence-electron chi connectivity index (χ1n) is 12.7. The van der Waals surface area contributed by atoms with Gasteiger partial charge in [-0.15, -0.1) is 0 Å². The molecule has 0 aliphatic rings. The van der Waals surface area contributed by atoms with Gasteiger partial charge in [0.15, 0.2) is 0 Å². The Morgan fingerprint density at radius 3 is 2.41 bits per heavy atom. The minimum atomic E-state index is -0.980. The average Bonchev–Trinajstić information content (AvgIpc) is 3.27. The highest BCUT2D eigenvalue weighted by Crippen LogP contribution is 2.27. The van der Waals surface area contributed by atoms with Crippen LogP contribution in [-0.4, -0.2) is 39.7 Å². The van der Waals surface area contributed by atoms with Crippen LogP contribution in [0.2, 0.25) is 0 Å². The Morgan fingerprint density at radius 1 is 1.11 bits per heavy atom. The molecule has 8 heteroatoms. The maximum Gasteiger partial charge on any atom is 0.216 e. The zero-order valence-electron chi connectivity index (χ0n) is 22.3. The molecule has 0 aliphatic carbocycles. The molecular weight excluding hydrogens is 474 g/mol. The molecule has 1 heterocycles. The Balaban J connectivity index is 1.91. The number of nitrogens with zero attached hydrogens (tertiary/aromatic N) is 1. The molecule has 1 aromatic heterocycles. The van der Waals surface area contributed by atoms with Gasteiger partial charge in [0, 0.05) is 49.6 Å². The van der Waals surface area contributed by atoms with Crippen LogP contribution >= 0.6 is 0 Å². The summed E-state index contributed by atoms with van der Waals surface area (Å²) in [5, 5.41) is 16.9. The lowest BCUT2D eigenvalue weighted by Gasteiger charge is -2.26. The van der Waals surface area contributed by atoms with E-state index >= 15 is 0 Å². The van der Waals surface area contributed by atoms with Crippen LogP contribution in [0, 0.1) is 17.0 Å². The zero-order valence-corrected chi connectivity index (χ0v) is 22.3. The van der Waals surface area contributed by atoms with Crippen LogP contribution in [0.4, 0.5) is 8.78 Å². The Hall–Kier alpha value is -3.10. The molecule has 0 fully saturated rings. The maximum atomic E-state index is 13.8. The van der Waals surface area contributed by atoms with Crippen molar-refractivity contribution in [1.29, 1.82) is 0 Å². The van der Waals surface area contributed by atoms with Crippen LogP contribution in [0.15, 0.2) is 42.6 Å². The monoisotopic (exact) mass is 512 g/mol. The van der Waals surface area contributed by atoms with E-state index in [9.17, 15) is 18.7 Å². The van der Waals surface area contributed by atoms with Gasteiger partial charge >= 0.3 is 0 Å². The van der Waals surface area contributed by atoms with Crippen molar-refractivity contribution < 1.29 is 18.7 Å².